The van der Waals surface area contributed by atoms with E-state index in [0.29, 0.717) is 17.8 Å². The second-order valence-electron chi connectivity index (χ2n) is 9.33. The van der Waals surface area contributed by atoms with Crippen molar-refractivity contribution in [3.63, 3.8) is 0 Å². The van der Waals surface area contributed by atoms with E-state index in [1.807, 2.05) is 30.3 Å². The zero-order chi connectivity index (χ0) is 29.1. The average molecular weight is 552 g/mol. The molecule has 0 saturated heterocycles. The largest absolute Gasteiger partial charge is 0.291 e. The predicted molar refractivity (Wildman–Crippen MR) is 150 cm³/mol. The molecule has 0 amide bonds. The first-order valence-corrected chi connectivity index (χ1v) is 12.4. The third-order valence-electron chi connectivity index (χ3n) is 6.77. The molecule has 0 spiro atoms. The molecule has 0 bridgehead atoms. The molecule has 1 aromatic heterocycles. The number of hydrogen-bond acceptors (Lipinski definition) is 8. The first kappa shape index (κ1) is 26.8. The molecule has 4 aromatic carbocycles. The number of nitrogens with zero attached hydrogens (tertiary/aromatic N) is 5. The Morgan fingerprint density at radius 1 is 0.683 bits per heavy atom. The smallest absolute Gasteiger partial charge is 0.270 e. The molecule has 204 valence electrons. The predicted octanol–water partition coefficient (Wildman–Crippen LogP) is 5.54. The maximum atomic E-state index is 13.9. The van der Waals surface area contributed by atoms with Gasteiger partial charge in [0.15, 0.2) is 0 Å². The summed E-state index contributed by atoms with van der Waals surface area (Å²) in [5.74, 6) is -0.109. The van der Waals surface area contributed by atoms with E-state index in [1.54, 1.807) is 24.3 Å². The maximum absolute atomic E-state index is 13.9. The van der Waals surface area contributed by atoms with E-state index in [4.69, 9.17) is 4.98 Å². The molecule has 1 heterocycles. The Morgan fingerprint density at radius 3 is 1.78 bits per heavy atom. The Bertz CT molecular complexity index is 1840. The number of hydrogen-bond donors (Lipinski definition) is 0. The lowest BCUT2D eigenvalue weighted by atomic mass is 9.90. The Hall–Kier alpha value is -5.78. The molecule has 0 N–H and O–H groups in total. The van der Waals surface area contributed by atoms with Crippen molar-refractivity contribution < 1.29 is 14.8 Å². The van der Waals surface area contributed by atoms with Crippen LogP contribution in [0, 0.1) is 30.3 Å². The molecular formula is C29H21N5O7. The number of fused-ring (bicyclic) bond motifs is 1. The summed E-state index contributed by atoms with van der Waals surface area (Å²) in [6.07, 6.45) is 0.340. The molecule has 5 rings (SSSR count). The van der Waals surface area contributed by atoms with Crippen LogP contribution in [-0.4, -0.2) is 24.3 Å². The number of rotatable bonds is 9. The number of nitro benzene ring substituents is 3. The van der Waals surface area contributed by atoms with E-state index in [0.717, 1.165) is 11.1 Å². The van der Waals surface area contributed by atoms with E-state index in [9.17, 15) is 35.1 Å². The third kappa shape index (κ3) is 5.66. The van der Waals surface area contributed by atoms with Crippen molar-refractivity contribution in [2.45, 2.75) is 18.9 Å². The molecule has 0 aliphatic carbocycles. The molecule has 0 radical (unpaired) electrons. The summed E-state index contributed by atoms with van der Waals surface area (Å²) in [6.45, 7) is 0.00138. The van der Waals surface area contributed by atoms with Gasteiger partial charge in [0.1, 0.15) is 5.82 Å². The maximum Gasteiger partial charge on any atom is 0.270 e. The minimum absolute atomic E-state index is 0.00138. The molecule has 12 nitrogen and oxygen atoms in total. The van der Waals surface area contributed by atoms with Gasteiger partial charge in [-0.25, -0.2) is 4.98 Å². The first-order valence-electron chi connectivity index (χ1n) is 12.4. The van der Waals surface area contributed by atoms with Crippen molar-refractivity contribution in [2.75, 3.05) is 0 Å². The Kier molecular flexibility index (Phi) is 7.29. The molecule has 1 atom stereocenters. The van der Waals surface area contributed by atoms with Crippen LogP contribution in [0.15, 0.2) is 102 Å². The van der Waals surface area contributed by atoms with Gasteiger partial charge in [-0.1, -0.05) is 54.6 Å². The lowest BCUT2D eigenvalue weighted by Crippen LogP contribution is -2.28. The van der Waals surface area contributed by atoms with E-state index in [1.165, 1.54) is 47.0 Å². The number of benzene rings is 4. The van der Waals surface area contributed by atoms with Gasteiger partial charge in [-0.15, -0.1) is 0 Å². The summed E-state index contributed by atoms with van der Waals surface area (Å²) < 4.78 is 1.43. The van der Waals surface area contributed by atoms with E-state index < -0.39 is 26.2 Å². The average Bonchev–Trinajstić information content (AvgIpc) is 2.98. The molecule has 0 fully saturated rings. The monoisotopic (exact) mass is 551 g/mol. The van der Waals surface area contributed by atoms with Crippen LogP contribution in [0.3, 0.4) is 0 Å². The SMILES string of the molecule is O=c1c2cc([N+](=O)[O-])ccc2nc([C@@H](Cc2ccc([N+](=O)[O-])cc2)c2ccccc2)n1Cc1ccc([N+](=O)[O-])cc1. The summed E-state index contributed by atoms with van der Waals surface area (Å²) >= 11 is 0. The minimum Gasteiger partial charge on any atom is -0.291 e. The normalized spacial score (nSPS) is 11.7. The van der Waals surface area contributed by atoms with E-state index in [-0.39, 0.29) is 34.5 Å². The molecular weight excluding hydrogens is 530 g/mol. The number of non-ortho nitro benzene ring substituents is 3. The van der Waals surface area contributed by atoms with Crippen molar-refractivity contribution in [1.29, 1.82) is 0 Å². The second kappa shape index (κ2) is 11.1. The van der Waals surface area contributed by atoms with Crippen molar-refractivity contribution in [1.82, 2.24) is 9.55 Å². The number of aromatic nitrogens is 2. The van der Waals surface area contributed by atoms with Crippen LogP contribution in [0.25, 0.3) is 10.9 Å². The highest BCUT2D eigenvalue weighted by Crippen LogP contribution is 2.30. The van der Waals surface area contributed by atoms with Crippen LogP contribution in [0.4, 0.5) is 17.1 Å². The summed E-state index contributed by atoms with van der Waals surface area (Å²) in [6, 6.07) is 25.1. The molecule has 5 aromatic rings. The van der Waals surface area contributed by atoms with Crippen molar-refractivity contribution in [2.24, 2.45) is 0 Å². The van der Waals surface area contributed by atoms with Gasteiger partial charge in [0, 0.05) is 42.3 Å². The van der Waals surface area contributed by atoms with Crippen molar-refractivity contribution in [3.05, 3.63) is 160 Å². The van der Waals surface area contributed by atoms with Gasteiger partial charge in [0.25, 0.3) is 22.6 Å². The van der Waals surface area contributed by atoms with Gasteiger partial charge in [-0.05, 0) is 29.2 Å². The standard InChI is InChI=1S/C29H21N5O7/c35-29-26-17-24(34(40)41)14-15-27(26)30-28(31(29)18-20-8-12-23(13-9-20)33(38)39)25(21-4-2-1-3-5-21)16-19-6-10-22(11-7-19)32(36)37/h1-15,17,25H,16,18H2/t25-/m0/s1. The van der Waals surface area contributed by atoms with Crippen LogP contribution in [0.5, 0.6) is 0 Å². The zero-order valence-electron chi connectivity index (χ0n) is 21.3. The van der Waals surface area contributed by atoms with E-state index >= 15 is 0 Å². The lowest BCUT2D eigenvalue weighted by Gasteiger charge is -2.22. The van der Waals surface area contributed by atoms with Gasteiger partial charge in [-0.2, -0.15) is 0 Å². The highest BCUT2D eigenvalue weighted by Gasteiger charge is 2.24. The van der Waals surface area contributed by atoms with Gasteiger partial charge < -0.3 is 0 Å². The molecule has 41 heavy (non-hydrogen) atoms. The third-order valence-corrected chi connectivity index (χ3v) is 6.77. The highest BCUT2D eigenvalue weighted by atomic mass is 16.6. The Balaban J connectivity index is 1.70. The second-order valence-corrected chi connectivity index (χ2v) is 9.33. The summed E-state index contributed by atoms with van der Waals surface area (Å²) in [5.41, 5.74) is 1.56. The van der Waals surface area contributed by atoms with Crippen molar-refractivity contribution >= 4 is 28.0 Å². The molecule has 0 unspecified atom stereocenters. The fraction of sp³-hybridized carbons (Fsp3) is 0.103. The topological polar surface area (TPSA) is 164 Å². The van der Waals surface area contributed by atoms with Gasteiger partial charge in [-0.3, -0.25) is 39.7 Å². The molecule has 0 aliphatic rings. The molecule has 0 aliphatic heterocycles. The van der Waals surface area contributed by atoms with Crippen LogP contribution in [0.2, 0.25) is 0 Å². The van der Waals surface area contributed by atoms with Gasteiger partial charge >= 0.3 is 0 Å². The quantitative estimate of drug-likeness (QED) is 0.170. The summed E-state index contributed by atoms with van der Waals surface area (Å²) in [7, 11) is 0. The van der Waals surface area contributed by atoms with Crippen LogP contribution in [-0.2, 0) is 13.0 Å². The summed E-state index contributed by atoms with van der Waals surface area (Å²) in [4.78, 5) is 50.9. The van der Waals surface area contributed by atoms with Gasteiger partial charge in [0.2, 0.25) is 0 Å². The molecule has 0 saturated carbocycles. The van der Waals surface area contributed by atoms with Gasteiger partial charge in [0.05, 0.1) is 32.2 Å². The Morgan fingerprint density at radius 2 is 1.22 bits per heavy atom. The first-order chi connectivity index (χ1) is 19.7. The van der Waals surface area contributed by atoms with Crippen LogP contribution in [0.1, 0.15) is 28.4 Å². The fourth-order valence-corrected chi connectivity index (χ4v) is 4.70. The summed E-state index contributed by atoms with van der Waals surface area (Å²) in [5, 5.41) is 33.8. The fourth-order valence-electron chi connectivity index (χ4n) is 4.70. The minimum atomic E-state index is -0.588. The zero-order valence-corrected chi connectivity index (χ0v) is 21.3. The van der Waals surface area contributed by atoms with Crippen molar-refractivity contribution in [3.8, 4) is 0 Å². The highest BCUT2D eigenvalue weighted by molar-refractivity contribution is 5.80. The van der Waals surface area contributed by atoms with Crippen LogP contribution >= 0.6 is 0 Å². The Labute approximate surface area is 231 Å². The molecule has 12 heteroatoms. The lowest BCUT2D eigenvalue weighted by molar-refractivity contribution is -0.385. The van der Waals surface area contributed by atoms with Crippen LogP contribution < -0.4 is 5.56 Å². The van der Waals surface area contributed by atoms with E-state index in [2.05, 4.69) is 0 Å². The number of nitro groups is 3.